The van der Waals surface area contributed by atoms with Gasteiger partial charge in [-0.15, -0.1) is 0 Å². The van der Waals surface area contributed by atoms with E-state index in [9.17, 15) is 4.79 Å². The third-order valence-corrected chi connectivity index (χ3v) is 4.76. The molecule has 1 heterocycles. The van der Waals surface area contributed by atoms with E-state index in [0.717, 1.165) is 24.1 Å². The highest BCUT2D eigenvalue weighted by molar-refractivity contribution is 5.96. The number of allylic oxidation sites excluding steroid dienone is 4. The third-order valence-electron chi connectivity index (χ3n) is 4.76. The number of aromatic nitrogens is 2. The van der Waals surface area contributed by atoms with Crippen LogP contribution in [-0.2, 0) is 9.53 Å². The van der Waals surface area contributed by atoms with E-state index in [0.29, 0.717) is 17.7 Å². The fraction of sp³-hybridized carbons (Fsp3) is 0.480. The minimum absolute atomic E-state index is 0.190. The van der Waals surface area contributed by atoms with E-state index in [-0.39, 0.29) is 11.5 Å². The highest BCUT2D eigenvalue weighted by Crippen LogP contribution is 2.21. The van der Waals surface area contributed by atoms with Crippen LogP contribution in [0.15, 0.2) is 49.1 Å². The summed E-state index contributed by atoms with van der Waals surface area (Å²) in [6, 6.07) is 0.455. The number of carbonyl (C=O) groups excluding carboxylic acids is 1. The second-order valence-corrected chi connectivity index (χ2v) is 7.39. The van der Waals surface area contributed by atoms with E-state index in [1.807, 2.05) is 6.92 Å². The molecular weight excluding hydrogens is 374 g/mol. The molecule has 1 aromatic heterocycles. The Bertz CT molecular complexity index is 758. The maximum Gasteiger partial charge on any atom is 0.223 e. The predicted molar refractivity (Wildman–Crippen MR) is 126 cm³/mol. The number of ether oxygens (including phenoxy) is 1. The van der Waals surface area contributed by atoms with E-state index in [1.165, 1.54) is 45.1 Å². The number of Topliss-reactive ketones (excluding diaryl/α,β-unsaturated/α-hetero) is 1. The van der Waals surface area contributed by atoms with Gasteiger partial charge in [0.15, 0.2) is 11.5 Å². The lowest BCUT2D eigenvalue weighted by atomic mass is 10.2. The quantitative estimate of drug-likeness (QED) is 0.269. The molecule has 0 aliphatic heterocycles. The van der Waals surface area contributed by atoms with Crippen molar-refractivity contribution in [3.8, 4) is 0 Å². The van der Waals surface area contributed by atoms with Crippen LogP contribution in [0, 0.1) is 6.92 Å². The zero-order valence-electron chi connectivity index (χ0n) is 19.0. The van der Waals surface area contributed by atoms with Gasteiger partial charge < -0.3 is 10.1 Å². The van der Waals surface area contributed by atoms with Gasteiger partial charge in [0.05, 0.1) is 5.69 Å². The second-order valence-electron chi connectivity index (χ2n) is 7.39. The highest BCUT2D eigenvalue weighted by Gasteiger charge is 2.16. The summed E-state index contributed by atoms with van der Waals surface area (Å²) in [5.74, 6) is 1.10. The minimum atomic E-state index is -0.190. The van der Waals surface area contributed by atoms with Crippen molar-refractivity contribution >= 4 is 17.8 Å². The lowest BCUT2D eigenvalue weighted by molar-refractivity contribution is -0.116. The summed E-state index contributed by atoms with van der Waals surface area (Å²) in [6.45, 7) is 15.0. The summed E-state index contributed by atoms with van der Waals surface area (Å²) in [6.07, 6.45) is 17.0. The molecule has 164 valence electrons. The van der Waals surface area contributed by atoms with E-state index in [1.54, 1.807) is 24.4 Å². The molecule has 1 fully saturated rings. The Labute approximate surface area is 182 Å². The fourth-order valence-electron chi connectivity index (χ4n) is 3.02. The van der Waals surface area contributed by atoms with Crippen molar-refractivity contribution in [2.75, 3.05) is 5.32 Å². The molecule has 1 aromatic rings. The van der Waals surface area contributed by atoms with Crippen molar-refractivity contribution in [3.63, 3.8) is 0 Å². The standard InChI is InChI=1S/C20H25N3O2.C5H12/c1-5-9-18(6-2)25-19(15(4)24)12-16-13-21-20(22-14(16)3)23-17-10-7-8-11-17;1-3-5-4-2/h5-6,9,12-13,17H,1-2,7-8,10-11H2,3-4H3,(H,21,22,23);3-5H2,1-2H3/b18-9+,19-12+;. The highest BCUT2D eigenvalue weighted by atomic mass is 16.5. The monoisotopic (exact) mass is 411 g/mol. The molecule has 0 bridgehead atoms. The Morgan fingerprint density at radius 1 is 1.27 bits per heavy atom. The van der Waals surface area contributed by atoms with E-state index >= 15 is 0 Å². The number of unbranched alkanes of at least 4 members (excludes halogenated alkanes) is 2. The number of aryl methyl sites for hydroxylation is 1. The number of nitrogens with zero attached hydrogens (tertiary/aromatic N) is 2. The largest absolute Gasteiger partial charge is 0.454 e. The lowest BCUT2D eigenvalue weighted by Gasteiger charge is -2.13. The zero-order valence-corrected chi connectivity index (χ0v) is 19.0. The van der Waals surface area contributed by atoms with Crippen LogP contribution >= 0.6 is 0 Å². The molecule has 1 saturated carbocycles. The van der Waals surface area contributed by atoms with Crippen LogP contribution in [0.3, 0.4) is 0 Å². The van der Waals surface area contributed by atoms with Crippen LogP contribution < -0.4 is 5.32 Å². The van der Waals surface area contributed by atoms with Gasteiger partial charge in [0.2, 0.25) is 5.95 Å². The summed E-state index contributed by atoms with van der Waals surface area (Å²) < 4.78 is 5.61. The van der Waals surface area contributed by atoms with E-state index < -0.39 is 0 Å². The van der Waals surface area contributed by atoms with Gasteiger partial charge in [-0.1, -0.05) is 65.2 Å². The zero-order chi connectivity index (χ0) is 22.4. The van der Waals surface area contributed by atoms with Crippen molar-refractivity contribution in [1.29, 1.82) is 0 Å². The van der Waals surface area contributed by atoms with E-state index in [4.69, 9.17) is 4.74 Å². The van der Waals surface area contributed by atoms with Crippen LogP contribution in [0.4, 0.5) is 5.95 Å². The van der Waals surface area contributed by atoms with Gasteiger partial charge in [0, 0.05) is 24.7 Å². The second kappa shape index (κ2) is 14.3. The number of anilines is 1. The van der Waals surface area contributed by atoms with Crippen molar-refractivity contribution in [2.45, 2.75) is 78.7 Å². The van der Waals surface area contributed by atoms with Gasteiger partial charge in [-0.25, -0.2) is 9.97 Å². The maximum atomic E-state index is 11.9. The summed E-state index contributed by atoms with van der Waals surface area (Å²) in [4.78, 5) is 20.7. The molecule has 5 heteroatoms. The molecule has 0 amide bonds. The third kappa shape index (κ3) is 9.21. The maximum absolute atomic E-state index is 11.9. The molecular formula is C25H37N3O2. The minimum Gasteiger partial charge on any atom is -0.454 e. The SMILES string of the molecule is C=C/C=C(\C=C)O/C(=C/c1cnc(NC2CCCC2)nc1C)C(C)=O.CCCCC. The first-order valence-electron chi connectivity index (χ1n) is 10.9. The Hall–Kier alpha value is -2.69. The van der Waals surface area contributed by atoms with Crippen molar-refractivity contribution < 1.29 is 9.53 Å². The molecule has 30 heavy (non-hydrogen) atoms. The first-order chi connectivity index (χ1) is 14.4. The number of rotatable bonds is 10. The van der Waals surface area contributed by atoms with Gasteiger partial charge in [-0.2, -0.15) is 0 Å². The van der Waals surface area contributed by atoms with Gasteiger partial charge in [0.1, 0.15) is 5.76 Å². The van der Waals surface area contributed by atoms with Gasteiger partial charge in [-0.3, -0.25) is 4.79 Å². The first kappa shape index (κ1) is 25.3. The van der Waals surface area contributed by atoms with Crippen molar-refractivity contribution in [3.05, 3.63) is 60.4 Å². The molecule has 0 unspecified atom stereocenters. The number of carbonyl (C=O) groups is 1. The number of nitrogens with one attached hydrogen (secondary N) is 1. The summed E-state index contributed by atoms with van der Waals surface area (Å²) in [7, 11) is 0. The number of ketones is 1. The molecule has 1 aliphatic rings. The van der Waals surface area contributed by atoms with Crippen LogP contribution in [-0.4, -0.2) is 21.8 Å². The summed E-state index contributed by atoms with van der Waals surface area (Å²) in [5, 5.41) is 3.37. The van der Waals surface area contributed by atoms with Gasteiger partial charge in [-0.05, 0) is 38.0 Å². The van der Waals surface area contributed by atoms with Crippen LogP contribution in [0.1, 0.15) is 77.0 Å². The average molecular weight is 412 g/mol. The predicted octanol–water partition coefficient (Wildman–Crippen LogP) is 6.54. The molecule has 0 spiro atoms. The topological polar surface area (TPSA) is 64.1 Å². The number of hydrogen-bond donors (Lipinski definition) is 1. The lowest BCUT2D eigenvalue weighted by Crippen LogP contribution is -2.17. The van der Waals surface area contributed by atoms with Crippen LogP contribution in [0.25, 0.3) is 6.08 Å². The molecule has 5 nitrogen and oxygen atoms in total. The van der Waals surface area contributed by atoms with Gasteiger partial charge >= 0.3 is 0 Å². The molecule has 2 rings (SSSR count). The molecule has 1 aliphatic carbocycles. The van der Waals surface area contributed by atoms with E-state index in [2.05, 4.69) is 42.3 Å². The molecule has 0 aromatic carbocycles. The Balaban J connectivity index is 0.000000804. The smallest absolute Gasteiger partial charge is 0.223 e. The summed E-state index contributed by atoms with van der Waals surface area (Å²) >= 11 is 0. The molecule has 0 radical (unpaired) electrons. The summed E-state index contributed by atoms with van der Waals surface area (Å²) in [5.41, 5.74) is 1.52. The van der Waals surface area contributed by atoms with Crippen LogP contribution in [0.5, 0.6) is 0 Å². The average Bonchev–Trinajstić information content (AvgIpc) is 3.22. The first-order valence-corrected chi connectivity index (χ1v) is 10.9. The fourth-order valence-corrected chi connectivity index (χ4v) is 3.02. The van der Waals surface area contributed by atoms with Gasteiger partial charge in [0.25, 0.3) is 0 Å². The van der Waals surface area contributed by atoms with Crippen LogP contribution in [0.2, 0.25) is 0 Å². The normalized spacial score (nSPS) is 14.5. The Kier molecular flexibility index (Phi) is 12.1. The number of hydrogen-bond acceptors (Lipinski definition) is 5. The Morgan fingerprint density at radius 2 is 1.93 bits per heavy atom. The Morgan fingerprint density at radius 3 is 2.40 bits per heavy atom. The molecule has 0 saturated heterocycles. The molecule has 0 atom stereocenters. The van der Waals surface area contributed by atoms with Crippen molar-refractivity contribution in [1.82, 2.24) is 9.97 Å². The molecule has 1 N–H and O–H groups in total. The van der Waals surface area contributed by atoms with Crippen molar-refractivity contribution in [2.24, 2.45) is 0 Å².